The van der Waals surface area contributed by atoms with Gasteiger partial charge in [0.25, 0.3) is 0 Å². The molecule has 10 aromatic rings. The number of benzene rings is 8. The van der Waals surface area contributed by atoms with Crippen molar-refractivity contribution in [2.24, 2.45) is 0 Å². The van der Waals surface area contributed by atoms with Crippen molar-refractivity contribution in [1.82, 2.24) is 9.13 Å². The number of hydrogen-bond acceptors (Lipinski definition) is 1. The van der Waals surface area contributed by atoms with Crippen LogP contribution in [0.5, 0.6) is 0 Å². The topological polar surface area (TPSA) is 13.1 Å². The van der Waals surface area contributed by atoms with E-state index in [-0.39, 0.29) is 0 Å². The predicted molar refractivity (Wildman–Crippen MR) is 250 cm³/mol. The Kier molecular flexibility index (Phi) is 8.63. The summed E-state index contributed by atoms with van der Waals surface area (Å²) >= 11 is 0. The van der Waals surface area contributed by atoms with Gasteiger partial charge >= 0.3 is 0 Å². The Hall–Kier alpha value is -7.62. The van der Waals surface area contributed by atoms with E-state index < -0.39 is 0 Å². The van der Waals surface area contributed by atoms with E-state index in [0.29, 0.717) is 0 Å². The SMILES string of the molecule is C1=CC(c2cc3c(ccn3-c3ccccc3)c3c2c2ccccc2n3-c2ccc(N(c3ccc(-c4ccccc4)cc3)c3ccc(-c4ccccc4)cc3)cc2)=CCC1. The van der Waals surface area contributed by atoms with Gasteiger partial charge in [-0.05, 0) is 125 Å². The summed E-state index contributed by atoms with van der Waals surface area (Å²) in [6.45, 7) is 0. The van der Waals surface area contributed by atoms with Crippen LogP contribution >= 0.6 is 0 Å². The summed E-state index contributed by atoms with van der Waals surface area (Å²) in [7, 11) is 0. The van der Waals surface area contributed by atoms with Gasteiger partial charge in [0.15, 0.2) is 0 Å². The zero-order valence-electron chi connectivity index (χ0n) is 32.6. The van der Waals surface area contributed by atoms with Crippen molar-refractivity contribution in [1.29, 1.82) is 0 Å². The van der Waals surface area contributed by atoms with Gasteiger partial charge in [-0.25, -0.2) is 0 Å². The molecule has 11 rings (SSSR count). The number of anilines is 3. The highest BCUT2D eigenvalue weighted by Crippen LogP contribution is 2.44. The zero-order chi connectivity index (χ0) is 39.1. The molecule has 2 aromatic heterocycles. The van der Waals surface area contributed by atoms with Gasteiger partial charge in [-0.3, -0.25) is 0 Å². The highest BCUT2D eigenvalue weighted by molar-refractivity contribution is 6.22. The second-order valence-electron chi connectivity index (χ2n) is 15.3. The summed E-state index contributed by atoms with van der Waals surface area (Å²) in [5.41, 5.74) is 16.6. The lowest BCUT2D eigenvalue weighted by Gasteiger charge is -2.26. The lowest BCUT2D eigenvalue weighted by atomic mass is 9.94. The van der Waals surface area contributed by atoms with Crippen molar-refractivity contribution in [3.05, 3.63) is 230 Å². The average Bonchev–Trinajstić information content (AvgIpc) is 3.91. The molecule has 0 amide bonds. The van der Waals surface area contributed by atoms with Gasteiger partial charge in [0.2, 0.25) is 0 Å². The molecule has 0 aliphatic heterocycles. The first-order chi connectivity index (χ1) is 29.3. The van der Waals surface area contributed by atoms with E-state index in [1.165, 1.54) is 66.1 Å². The maximum atomic E-state index is 2.48. The van der Waals surface area contributed by atoms with Crippen LogP contribution in [0.15, 0.2) is 225 Å². The molecular weight excluding hydrogens is 715 g/mol. The van der Waals surface area contributed by atoms with Crippen molar-refractivity contribution in [3.8, 4) is 33.6 Å². The number of nitrogens with zero attached hydrogens (tertiary/aromatic N) is 3. The number of hydrogen-bond donors (Lipinski definition) is 0. The number of aromatic nitrogens is 2. The average molecular weight is 756 g/mol. The first-order valence-electron chi connectivity index (χ1n) is 20.5. The Balaban J connectivity index is 1.08. The minimum absolute atomic E-state index is 1.05. The fraction of sp³-hybridized carbons (Fsp3) is 0.0357. The molecule has 0 fully saturated rings. The predicted octanol–water partition coefficient (Wildman–Crippen LogP) is 15.3. The quantitative estimate of drug-likeness (QED) is 0.151. The molecule has 0 bridgehead atoms. The van der Waals surface area contributed by atoms with Gasteiger partial charge < -0.3 is 14.0 Å². The van der Waals surface area contributed by atoms with Gasteiger partial charge in [-0.2, -0.15) is 0 Å². The normalized spacial score (nSPS) is 12.6. The maximum Gasteiger partial charge on any atom is 0.0641 e. The molecule has 280 valence electrons. The Morgan fingerprint density at radius 3 is 1.56 bits per heavy atom. The number of rotatable bonds is 8. The van der Waals surface area contributed by atoms with Crippen LogP contribution < -0.4 is 4.90 Å². The molecule has 0 atom stereocenters. The third-order valence-corrected chi connectivity index (χ3v) is 11.8. The molecular formula is C56H41N3. The van der Waals surface area contributed by atoms with Crippen LogP contribution in [-0.4, -0.2) is 9.13 Å². The molecule has 2 heterocycles. The molecule has 0 saturated heterocycles. The van der Waals surface area contributed by atoms with Crippen LogP contribution in [0.2, 0.25) is 0 Å². The van der Waals surface area contributed by atoms with Crippen molar-refractivity contribution in [3.63, 3.8) is 0 Å². The summed E-state index contributed by atoms with van der Waals surface area (Å²) in [6, 6.07) is 72.4. The fourth-order valence-corrected chi connectivity index (χ4v) is 8.96. The summed E-state index contributed by atoms with van der Waals surface area (Å²) in [5, 5.41) is 3.78. The first kappa shape index (κ1) is 34.6. The number of fused-ring (bicyclic) bond motifs is 5. The van der Waals surface area contributed by atoms with Crippen molar-refractivity contribution in [2.45, 2.75) is 12.8 Å². The molecule has 0 N–H and O–H groups in total. The van der Waals surface area contributed by atoms with Crippen LogP contribution in [0.1, 0.15) is 18.4 Å². The van der Waals surface area contributed by atoms with E-state index in [4.69, 9.17) is 0 Å². The van der Waals surface area contributed by atoms with Gasteiger partial charge in [-0.1, -0.05) is 140 Å². The summed E-state index contributed by atoms with van der Waals surface area (Å²) in [5.74, 6) is 0. The Labute approximate surface area is 344 Å². The largest absolute Gasteiger partial charge is 0.316 e. The Morgan fingerprint density at radius 2 is 0.966 bits per heavy atom. The summed E-state index contributed by atoms with van der Waals surface area (Å²) < 4.78 is 4.82. The van der Waals surface area contributed by atoms with E-state index >= 15 is 0 Å². The second-order valence-corrected chi connectivity index (χ2v) is 15.3. The highest BCUT2D eigenvalue weighted by atomic mass is 15.1. The molecule has 0 radical (unpaired) electrons. The van der Waals surface area contributed by atoms with Gasteiger partial charge in [0, 0.05) is 50.8 Å². The van der Waals surface area contributed by atoms with Gasteiger partial charge in [0.1, 0.15) is 0 Å². The lowest BCUT2D eigenvalue weighted by molar-refractivity contribution is 1.04. The van der Waals surface area contributed by atoms with E-state index in [1.54, 1.807) is 0 Å². The van der Waals surface area contributed by atoms with Crippen molar-refractivity contribution >= 4 is 55.3 Å². The van der Waals surface area contributed by atoms with Gasteiger partial charge in [0.05, 0.1) is 16.6 Å². The zero-order valence-corrected chi connectivity index (χ0v) is 32.6. The fourth-order valence-electron chi connectivity index (χ4n) is 8.96. The second kappa shape index (κ2) is 14.7. The molecule has 0 spiro atoms. The van der Waals surface area contributed by atoms with E-state index in [2.05, 4.69) is 239 Å². The Bertz CT molecular complexity index is 3070. The maximum absolute atomic E-state index is 2.48. The minimum Gasteiger partial charge on any atom is -0.316 e. The van der Waals surface area contributed by atoms with Crippen molar-refractivity contribution < 1.29 is 0 Å². The highest BCUT2D eigenvalue weighted by Gasteiger charge is 2.22. The third-order valence-electron chi connectivity index (χ3n) is 11.8. The monoisotopic (exact) mass is 755 g/mol. The molecule has 3 nitrogen and oxygen atoms in total. The first-order valence-corrected chi connectivity index (χ1v) is 20.5. The van der Waals surface area contributed by atoms with Crippen LogP contribution in [-0.2, 0) is 0 Å². The molecule has 1 aliphatic carbocycles. The standard InChI is InChI=1S/C56H41N3/c1-5-15-40(16-6-1)42-25-29-46(30-26-42)58(47-31-27-43(28-32-47)41-17-7-2-8-18-41)48-33-35-49(36-34-48)59-53-24-14-13-23-50(53)55-52(44-19-9-3-10-20-44)39-54-51(56(55)59)37-38-57(54)45-21-11-4-12-22-45/h1-2,4-9,11-39H,3,10H2. The molecule has 3 heteroatoms. The smallest absolute Gasteiger partial charge is 0.0641 e. The van der Waals surface area contributed by atoms with Crippen LogP contribution in [0.25, 0.3) is 71.9 Å². The van der Waals surface area contributed by atoms with Crippen LogP contribution in [0, 0.1) is 0 Å². The van der Waals surface area contributed by atoms with E-state index in [1.807, 2.05) is 0 Å². The number of para-hydroxylation sites is 2. The molecule has 1 aliphatic rings. The van der Waals surface area contributed by atoms with Crippen molar-refractivity contribution in [2.75, 3.05) is 4.90 Å². The molecule has 0 saturated carbocycles. The van der Waals surface area contributed by atoms with Gasteiger partial charge in [-0.15, -0.1) is 0 Å². The van der Waals surface area contributed by atoms with E-state index in [0.717, 1.165) is 41.3 Å². The molecule has 59 heavy (non-hydrogen) atoms. The third kappa shape index (κ3) is 6.16. The summed E-state index contributed by atoms with van der Waals surface area (Å²) in [4.78, 5) is 2.36. The molecule has 8 aromatic carbocycles. The Morgan fingerprint density at radius 1 is 0.424 bits per heavy atom. The lowest BCUT2D eigenvalue weighted by Crippen LogP contribution is -2.10. The van der Waals surface area contributed by atoms with Crippen LogP contribution in [0.3, 0.4) is 0 Å². The van der Waals surface area contributed by atoms with Crippen LogP contribution in [0.4, 0.5) is 17.1 Å². The summed E-state index contributed by atoms with van der Waals surface area (Å²) in [6.07, 6.45) is 11.4. The number of allylic oxidation sites excluding steroid dienone is 4. The minimum atomic E-state index is 1.05. The molecule has 0 unspecified atom stereocenters. The van der Waals surface area contributed by atoms with E-state index in [9.17, 15) is 0 Å².